The van der Waals surface area contributed by atoms with Crippen molar-refractivity contribution in [1.82, 2.24) is 5.32 Å². The van der Waals surface area contributed by atoms with E-state index in [2.05, 4.69) is 19.2 Å². The van der Waals surface area contributed by atoms with E-state index in [-0.39, 0.29) is 24.4 Å². The quantitative estimate of drug-likeness (QED) is 0.773. The molecule has 4 heteroatoms. The van der Waals surface area contributed by atoms with Crippen LogP contribution < -0.4 is 11.1 Å². The summed E-state index contributed by atoms with van der Waals surface area (Å²) in [6.07, 6.45) is 5.35. The van der Waals surface area contributed by atoms with E-state index in [1.807, 2.05) is 24.3 Å². The first kappa shape index (κ1) is 18.9. The van der Waals surface area contributed by atoms with Crippen molar-refractivity contribution in [2.45, 2.75) is 52.0 Å². The molecule has 3 nitrogen and oxygen atoms in total. The minimum absolute atomic E-state index is 0. The van der Waals surface area contributed by atoms with Crippen LogP contribution in [-0.2, 0) is 6.42 Å². The Balaban J connectivity index is 0.00000361. The number of hydrogen-bond acceptors (Lipinski definition) is 2. The van der Waals surface area contributed by atoms with Crippen LogP contribution >= 0.6 is 12.4 Å². The lowest BCUT2D eigenvalue weighted by molar-refractivity contribution is 0.0936. The number of benzene rings is 1. The molecule has 0 aliphatic rings. The predicted molar refractivity (Wildman–Crippen MR) is 87.5 cm³/mol. The van der Waals surface area contributed by atoms with E-state index in [1.54, 1.807) is 0 Å². The fourth-order valence-corrected chi connectivity index (χ4v) is 2.08. The number of amides is 1. The topological polar surface area (TPSA) is 55.1 Å². The van der Waals surface area contributed by atoms with Gasteiger partial charge in [-0.05, 0) is 30.5 Å². The average Bonchev–Trinajstić information content (AvgIpc) is 2.44. The van der Waals surface area contributed by atoms with Crippen LogP contribution in [-0.4, -0.2) is 18.5 Å². The molecule has 114 valence electrons. The van der Waals surface area contributed by atoms with E-state index >= 15 is 0 Å². The van der Waals surface area contributed by atoms with E-state index in [0.717, 1.165) is 37.7 Å². The van der Waals surface area contributed by atoms with Crippen LogP contribution in [0.4, 0.5) is 0 Å². The Morgan fingerprint density at radius 3 is 2.35 bits per heavy atom. The maximum atomic E-state index is 12.1. The van der Waals surface area contributed by atoms with Crippen LogP contribution in [0.15, 0.2) is 24.3 Å². The zero-order valence-corrected chi connectivity index (χ0v) is 13.3. The monoisotopic (exact) mass is 298 g/mol. The average molecular weight is 299 g/mol. The molecule has 0 heterocycles. The molecule has 1 rings (SSSR count). The Labute approximate surface area is 128 Å². The van der Waals surface area contributed by atoms with Crippen molar-refractivity contribution in [2.75, 3.05) is 6.54 Å². The van der Waals surface area contributed by atoms with E-state index in [9.17, 15) is 4.79 Å². The SMILES string of the molecule is CCCCC(CN)NC(=O)c1ccc(CCC)cc1.Cl. The van der Waals surface area contributed by atoms with E-state index in [1.165, 1.54) is 5.56 Å². The molecule has 0 spiro atoms. The molecule has 0 aliphatic heterocycles. The first-order valence-corrected chi connectivity index (χ1v) is 7.31. The third-order valence-corrected chi connectivity index (χ3v) is 3.28. The van der Waals surface area contributed by atoms with Crippen LogP contribution in [0.25, 0.3) is 0 Å². The van der Waals surface area contributed by atoms with Crippen molar-refractivity contribution < 1.29 is 4.79 Å². The van der Waals surface area contributed by atoms with Gasteiger partial charge in [-0.2, -0.15) is 0 Å². The van der Waals surface area contributed by atoms with Crippen LogP contribution in [0.1, 0.15) is 55.5 Å². The molecule has 0 saturated carbocycles. The Bertz CT molecular complexity index is 379. The van der Waals surface area contributed by atoms with Gasteiger partial charge >= 0.3 is 0 Å². The van der Waals surface area contributed by atoms with Gasteiger partial charge in [0, 0.05) is 18.2 Å². The van der Waals surface area contributed by atoms with Gasteiger partial charge in [0.25, 0.3) is 5.91 Å². The maximum absolute atomic E-state index is 12.1. The smallest absolute Gasteiger partial charge is 0.251 e. The number of rotatable bonds is 8. The zero-order chi connectivity index (χ0) is 14.1. The molecule has 0 saturated heterocycles. The lowest BCUT2D eigenvalue weighted by Gasteiger charge is -2.16. The number of aryl methyl sites for hydroxylation is 1. The van der Waals surface area contributed by atoms with Gasteiger partial charge in [-0.25, -0.2) is 0 Å². The molecular formula is C16H27ClN2O. The summed E-state index contributed by atoms with van der Waals surface area (Å²) in [5.74, 6) is -0.0189. The Hall–Kier alpha value is -1.06. The van der Waals surface area contributed by atoms with Crippen molar-refractivity contribution in [3.05, 3.63) is 35.4 Å². The Morgan fingerprint density at radius 2 is 1.85 bits per heavy atom. The molecule has 1 aromatic carbocycles. The second-order valence-corrected chi connectivity index (χ2v) is 5.00. The lowest BCUT2D eigenvalue weighted by Crippen LogP contribution is -2.40. The highest BCUT2D eigenvalue weighted by Gasteiger charge is 2.11. The molecule has 1 amide bonds. The van der Waals surface area contributed by atoms with Crippen molar-refractivity contribution >= 4 is 18.3 Å². The van der Waals surface area contributed by atoms with Gasteiger partial charge in [-0.3, -0.25) is 4.79 Å². The van der Waals surface area contributed by atoms with Gasteiger partial charge in [-0.15, -0.1) is 12.4 Å². The first-order valence-electron chi connectivity index (χ1n) is 7.31. The highest BCUT2D eigenvalue weighted by molar-refractivity contribution is 5.94. The fraction of sp³-hybridized carbons (Fsp3) is 0.562. The van der Waals surface area contributed by atoms with Crippen LogP contribution in [0.2, 0.25) is 0 Å². The van der Waals surface area contributed by atoms with E-state index in [0.29, 0.717) is 6.54 Å². The first-order chi connectivity index (χ1) is 9.21. The molecule has 0 aromatic heterocycles. The number of unbranched alkanes of at least 4 members (excludes halogenated alkanes) is 1. The predicted octanol–water partition coefficient (Wildman–Crippen LogP) is 3.31. The van der Waals surface area contributed by atoms with Crippen LogP contribution in [0.3, 0.4) is 0 Å². The van der Waals surface area contributed by atoms with Gasteiger partial charge in [0.2, 0.25) is 0 Å². The summed E-state index contributed by atoms with van der Waals surface area (Å²) < 4.78 is 0. The van der Waals surface area contributed by atoms with Gasteiger partial charge < -0.3 is 11.1 Å². The van der Waals surface area contributed by atoms with E-state index in [4.69, 9.17) is 5.73 Å². The number of halogens is 1. The van der Waals surface area contributed by atoms with Gasteiger partial charge in [0.1, 0.15) is 0 Å². The Morgan fingerprint density at radius 1 is 1.20 bits per heavy atom. The minimum atomic E-state index is -0.0189. The third-order valence-electron chi connectivity index (χ3n) is 3.28. The Kier molecular flexibility index (Phi) is 10.1. The minimum Gasteiger partial charge on any atom is -0.348 e. The third kappa shape index (κ3) is 6.40. The fourth-order valence-electron chi connectivity index (χ4n) is 2.08. The maximum Gasteiger partial charge on any atom is 0.251 e. The molecule has 1 unspecified atom stereocenters. The van der Waals surface area contributed by atoms with Crippen molar-refractivity contribution in [1.29, 1.82) is 0 Å². The van der Waals surface area contributed by atoms with Crippen LogP contribution in [0, 0.1) is 0 Å². The molecule has 0 aliphatic carbocycles. The number of carbonyl (C=O) groups is 1. The van der Waals surface area contributed by atoms with Gasteiger partial charge in [0.15, 0.2) is 0 Å². The number of carbonyl (C=O) groups excluding carboxylic acids is 1. The van der Waals surface area contributed by atoms with E-state index < -0.39 is 0 Å². The van der Waals surface area contributed by atoms with Gasteiger partial charge in [-0.1, -0.05) is 45.2 Å². The second-order valence-electron chi connectivity index (χ2n) is 5.00. The largest absolute Gasteiger partial charge is 0.348 e. The molecule has 1 aromatic rings. The molecule has 0 fully saturated rings. The second kappa shape index (κ2) is 10.7. The molecule has 0 radical (unpaired) electrons. The molecular weight excluding hydrogens is 272 g/mol. The van der Waals surface area contributed by atoms with Crippen molar-refractivity contribution in [2.24, 2.45) is 5.73 Å². The van der Waals surface area contributed by atoms with Crippen LogP contribution in [0.5, 0.6) is 0 Å². The highest BCUT2D eigenvalue weighted by atomic mass is 35.5. The number of nitrogens with two attached hydrogens (primary N) is 1. The summed E-state index contributed by atoms with van der Waals surface area (Å²) >= 11 is 0. The standard InChI is InChI=1S/C16H26N2O.ClH/c1-3-5-7-15(12-17)18-16(19)14-10-8-13(6-4-2)9-11-14;/h8-11,15H,3-7,12,17H2,1-2H3,(H,18,19);1H. The summed E-state index contributed by atoms with van der Waals surface area (Å²) in [5, 5.41) is 3.01. The summed E-state index contributed by atoms with van der Waals surface area (Å²) in [6.45, 7) is 4.79. The summed E-state index contributed by atoms with van der Waals surface area (Å²) in [7, 11) is 0. The summed E-state index contributed by atoms with van der Waals surface area (Å²) in [6, 6.07) is 7.94. The summed E-state index contributed by atoms with van der Waals surface area (Å²) in [4.78, 5) is 12.1. The molecule has 20 heavy (non-hydrogen) atoms. The number of nitrogens with one attached hydrogen (secondary N) is 1. The van der Waals surface area contributed by atoms with Crippen molar-refractivity contribution in [3.63, 3.8) is 0 Å². The van der Waals surface area contributed by atoms with Gasteiger partial charge in [0.05, 0.1) is 0 Å². The molecule has 1 atom stereocenters. The lowest BCUT2D eigenvalue weighted by atomic mass is 10.1. The normalized spacial score (nSPS) is 11.6. The number of hydrogen-bond donors (Lipinski definition) is 2. The molecule has 0 bridgehead atoms. The van der Waals surface area contributed by atoms with Crippen molar-refractivity contribution in [3.8, 4) is 0 Å². The zero-order valence-electron chi connectivity index (χ0n) is 12.5. The summed E-state index contributed by atoms with van der Waals surface area (Å²) in [5.41, 5.74) is 7.68. The highest BCUT2D eigenvalue weighted by Crippen LogP contribution is 2.08. The molecule has 3 N–H and O–H groups in total.